The molecule has 0 atom stereocenters. The molecule has 2 rings (SSSR count). The van der Waals surface area contributed by atoms with Gasteiger partial charge >= 0.3 is 0 Å². The molecule has 0 aromatic heterocycles. The summed E-state index contributed by atoms with van der Waals surface area (Å²) >= 11 is 5.83. The number of hydrogen-bond acceptors (Lipinski definition) is 3. The Morgan fingerprint density at radius 3 is 2.29 bits per heavy atom. The zero-order chi connectivity index (χ0) is 15.3. The minimum Gasteiger partial charge on any atom is -0.409 e. The van der Waals surface area contributed by atoms with Gasteiger partial charge in [0.25, 0.3) is 0 Å². The van der Waals surface area contributed by atoms with E-state index >= 15 is 0 Å². The third-order valence-corrected chi connectivity index (χ3v) is 4.34. The van der Waals surface area contributed by atoms with E-state index in [-0.39, 0.29) is 11.7 Å². The first-order valence-corrected chi connectivity index (χ1v) is 7.51. The summed E-state index contributed by atoms with van der Waals surface area (Å²) in [6.07, 6.45) is 5.11. The van der Waals surface area contributed by atoms with E-state index in [0.717, 1.165) is 25.7 Å². The van der Waals surface area contributed by atoms with E-state index in [1.807, 2.05) is 0 Å². The molecule has 1 amide bonds. The largest absolute Gasteiger partial charge is 0.409 e. The van der Waals surface area contributed by atoms with Crippen LogP contribution in [0.3, 0.4) is 0 Å². The van der Waals surface area contributed by atoms with Gasteiger partial charge in [0.15, 0.2) is 5.84 Å². The zero-order valence-electron chi connectivity index (χ0n) is 11.8. The van der Waals surface area contributed by atoms with Crippen molar-refractivity contribution in [2.24, 2.45) is 16.3 Å². The summed E-state index contributed by atoms with van der Waals surface area (Å²) in [5, 5.41) is 15.6. The number of halogens is 1. The molecule has 0 radical (unpaired) electrons. The van der Waals surface area contributed by atoms with Gasteiger partial charge in [-0.3, -0.25) is 4.79 Å². The number of amides is 1. The lowest BCUT2D eigenvalue weighted by Crippen LogP contribution is -2.46. The molecule has 5 nitrogen and oxygen atoms in total. The Labute approximate surface area is 129 Å². The fraction of sp³-hybridized carbons (Fsp3) is 0.467. The lowest BCUT2D eigenvalue weighted by Gasteiger charge is -2.29. The summed E-state index contributed by atoms with van der Waals surface area (Å²) in [4.78, 5) is 12.7. The number of nitrogens with two attached hydrogens (primary N) is 1. The molecular weight excluding hydrogens is 290 g/mol. The van der Waals surface area contributed by atoms with E-state index < -0.39 is 5.41 Å². The Hall–Kier alpha value is -1.75. The molecule has 1 aromatic rings. The monoisotopic (exact) mass is 309 g/mol. The molecule has 0 saturated heterocycles. The third kappa shape index (κ3) is 3.47. The molecule has 0 spiro atoms. The van der Waals surface area contributed by atoms with Crippen molar-refractivity contribution in [1.82, 2.24) is 0 Å². The SMILES string of the molecule is NC(=NO)C1(C(=O)Nc2ccc(Cl)cc2)CCCCCC1. The van der Waals surface area contributed by atoms with Gasteiger partial charge in [-0.2, -0.15) is 0 Å². The summed E-state index contributed by atoms with van der Waals surface area (Å²) < 4.78 is 0. The van der Waals surface area contributed by atoms with Gasteiger partial charge in [-0.1, -0.05) is 42.4 Å². The van der Waals surface area contributed by atoms with E-state index in [1.165, 1.54) is 0 Å². The van der Waals surface area contributed by atoms with Gasteiger partial charge in [0.2, 0.25) is 5.91 Å². The van der Waals surface area contributed by atoms with Crippen molar-refractivity contribution < 1.29 is 10.0 Å². The second-order valence-electron chi connectivity index (χ2n) is 5.44. The summed E-state index contributed by atoms with van der Waals surface area (Å²) in [6.45, 7) is 0. The smallest absolute Gasteiger partial charge is 0.238 e. The second-order valence-corrected chi connectivity index (χ2v) is 5.88. The van der Waals surface area contributed by atoms with Crippen LogP contribution in [0.25, 0.3) is 0 Å². The van der Waals surface area contributed by atoms with Crippen molar-refractivity contribution >= 4 is 29.0 Å². The highest BCUT2D eigenvalue weighted by molar-refractivity contribution is 6.30. The average molecular weight is 310 g/mol. The number of nitrogens with one attached hydrogen (secondary N) is 1. The summed E-state index contributed by atoms with van der Waals surface area (Å²) in [6, 6.07) is 6.88. The molecule has 1 saturated carbocycles. The molecular formula is C15H20ClN3O2. The molecule has 0 bridgehead atoms. The average Bonchev–Trinajstić information content (AvgIpc) is 2.75. The number of rotatable bonds is 3. The summed E-state index contributed by atoms with van der Waals surface area (Å²) in [7, 11) is 0. The third-order valence-electron chi connectivity index (χ3n) is 4.09. The van der Waals surface area contributed by atoms with Gasteiger partial charge in [-0.05, 0) is 37.1 Å². The minimum absolute atomic E-state index is 0.00383. The van der Waals surface area contributed by atoms with Crippen LogP contribution in [-0.4, -0.2) is 17.0 Å². The predicted molar refractivity (Wildman–Crippen MR) is 83.6 cm³/mol. The van der Waals surface area contributed by atoms with Crippen molar-refractivity contribution in [1.29, 1.82) is 0 Å². The first-order valence-electron chi connectivity index (χ1n) is 7.13. The number of benzene rings is 1. The highest BCUT2D eigenvalue weighted by Crippen LogP contribution is 2.36. The lowest BCUT2D eigenvalue weighted by molar-refractivity contribution is -0.123. The van der Waals surface area contributed by atoms with Crippen molar-refractivity contribution in [2.45, 2.75) is 38.5 Å². The van der Waals surface area contributed by atoms with Gasteiger partial charge in [0.1, 0.15) is 5.41 Å². The Bertz CT molecular complexity index is 520. The van der Waals surface area contributed by atoms with Crippen molar-refractivity contribution in [3.8, 4) is 0 Å². The maximum absolute atomic E-state index is 12.7. The number of hydrogen-bond donors (Lipinski definition) is 3. The highest BCUT2D eigenvalue weighted by Gasteiger charge is 2.43. The molecule has 0 unspecified atom stereocenters. The van der Waals surface area contributed by atoms with Gasteiger partial charge in [-0.25, -0.2) is 0 Å². The fourth-order valence-corrected chi connectivity index (χ4v) is 2.94. The molecule has 6 heteroatoms. The number of anilines is 1. The van der Waals surface area contributed by atoms with Gasteiger partial charge in [0.05, 0.1) is 0 Å². The van der Waals surface area contributed by atoms with E-state index in [4.69, 9.17) is 22.5 Å². The molecule has 4 N–H and O–H groups in total. The quantitative estimate of drug-likeness (QED) is 0.263. The number of nitrogens with zero attached hydrogens (tertiary/aromatic N) is 1. The van der Waals surface area contributed by atoms with E-state index in [2.05, 4.69) is 10.5 Å². The zero-order valence-corrected chi connectivity index (χ0v) is 12.6. The number of carbonyl (C=O) groups is 1. The van der Waals surface area contributed by atoms with Crippen LogP contribution >= 0.6 is 11.6 Å². The van der Waals surface area contributed by atoms with E-state index in [1.54, 1.807) is 24.3 Å². The first kappa shape index (κ1) is 15.6. The van der Waals surface area contributed by atoms with E-state index in [9.17, 15) is 4.79 Å². The van der Waals surface area contributed by atoms with Gasteiger partial charge < -0.3 is 16.3 Å². The maximum Gasteiger partial charge on any atom is 0.238 e. The molecule has 0 aliphatic heterocycles. The Kier molecular flexibility index (Phi) is 5.07. The molecule has 114 valence electrons. The van der Waals surface area contributed by atoms with Crippen LogP contribution in [-0.2, 0) is 4.79 Å². The van der Waals surface area contributed by atoms with Crippen molar-refractivity contribution in [3.05, 3.63) is 29.3 Å². The predicted octanol–water partition coefficient (Wildman–Crippen LogP) is 3.37. The maximum atomic E-state index is 12.7. The Morgan fingerprint density at radius 1 is 1.19 bits per heavy atom. The second kappa shape index (κ2) is 6.80. The first-order chi connectivity index (χ1) is 10.1. The number of carbonyl (C=O) groups excluding carboxylic acids is 1. The Morgan fingerprint density at radius 2 is 1.76 bits per heavy atom. The van der Waals surface area contributed by atoms with Crippen LogP contribution in [0, 0.1) is 5.41 Å². The molecule has 1 fully saturated rings. The van der Waals surface area contributed by atoms with Crippen molar-refractivity contribution in [3.63, 3.8) is 0 Å². The van der Waals surface area contributed by atoms with Gasteiger partial charge in [-0.15, -0.1) is 0 Å². The topological polar surface area (TPSA) is 87.7 Å². The molecule has 21 heavy (non-hydrogen) atoms. The molecule has 0 heterocycles. The minimum atomic E-state index is -0.926. The standard InChI is InChI=1S/C15H20ClN3O2/c16-11-5-7-12(8-6-11)18-14(20)15(13(17)19-21)9-3-1-2-4-10-15/h5-8,21H,1-4,9-10H2,(H2,17,19)(H,18,20). The van der Waals surface area contributed by atoms with Crippen LogP contribution < -0.4 is 11.1 Å². The summed E-state index contributed by atoms with van der Waals surface area (Å²) in [5.41, 5.74) is 5.57. The van der Waals surface area contributed by atoms with Crippen LogP contribution in [0.4, 0.5) is 5.69 Å². The van der Waals surface area contributed by atoms with Crippen LogP contribution in [0.5, 0.6) is 0 Å². The molecule has 1 aromatic carbocycles. The lowest BCUT2D eigenvalue weighted by atomic mass is 9.78. The van der Waals surface area contributed by atoms with Crippen LogP contribution in [0.15, 0.2) is 29.4 Å². The van der Waals surface area contributed by atoms with Crippen LogP contribution in [0.1, 0.15) is 38.5 Å². The molecule has 1 aliphatic rings. The Balaban J connectivity index is 2.23. The summed E-state index contributed by atoms with van der Waals surface area (Å²) in [5.74, 6) is -0.224. The molecule has 1 aliphatic carbocycles. The fourth-order valence-electron chi connectivity index (χ4n) is 2.81. The van der Waals surface area contributed by atoms with Crippen LogP contribution in [0.2, 0.25) is 5.02 Å². The van der Waals surface area contributed by atoms with Gasteiger partial charge in [0, 0.05) is 10.7 Å². The van der Waals surface area contributed by atoms with E-state index in [0.29, 0.717) is 23.6 Å². The number of amidine groups is 1. The highest BCUT2D eigenvalue weighted by atomic mass is 35.5. The normalized spacial score (nSPS) is 18.8. The van der Waals surface area contributed by atoms with Crippen molar-refractivity contribution in [2.75, 3.05) is 5.32 Å². The number of oxime groups is 1.